The van der Waals surface area contributed by atoms with Crippen molar-refractivity contribution in [3.05, 3.63) is 48.6 Å². The first-order valence-electron chi connectivity index (χ1n) is 5.99. The number of carbonyl (C=O) groups is 1. The Labute approximate surface area is 97.2 Å². The van der Waals surface area contributed by atoms with Gasteiger partial charge in [0.2, 0.25) is 0 Å². The summed E-state index contributed by atoms with van der Waals surface area (Å²) in [7, 11) is 0. The molecule has 1 aromatic rings. The van der Waals surface area contributed by atoms with Crippen molar-refractivity contribution >= 4 is 5.78 Å². The molecule has 2 rings (SSSR count). The van der Waals surface area contributed by atoms with Crippen molar-refractivity contribution in [2.24, 2.45) is 0 Å². The Hall–Kier alpha value is -1.37. The van der Waals surface area contributed by atoms with Crippen LogP contribution >= 0.6 is 0 Å². The zero-order valence-corrected chi connectivity index (χ0v) is 9.61. The molecule has 16 heavy (non-hydrogen) atoms. The predicted molar refractivity (Wildman–Crippen MR) is 66.4 cm³/mol. The molecule has 0 unspecified atom stereocenters. The van der Waals surface area contributed by atoms with Crippen LogP contribution in [0.3, 0.4) is 0 Å². The minimum Gasteiger partial charge on any atom is -0.298 e. The average molecular weight is 214 g/mol. The van der Waals surface area contributed by atoms with Crippen molar-refractivity contribution in [3.8, 4) is 0 Å². The highest BCUT2D eigenvalue weighted by Crippen LogP contribution is 2.42. The van der Waals surface area contributed by atoms with Gasteiger partial charge in [-0.15, -0.1) is 6.58 Å². The van der Waals surface area contributed by atoms with Gasteiger partial charge in [-0.05, 0) is 18.4 Å². The molecule has 84 valence electrons. The lowest BCUT2D eigenvalue weighted by atomic mass is 9.74. The minimum absolute atomic E-state index is 0.213. The third kappa shape index (κ3) is 1.82. The monoisotopic (exact) mass is 214 g/mol. The van der Waals surface area contributed by atoms with E-state index in [1.165, 1.54) is 5.56 Å². The van der Waals surface area contributed by atoms with Crippen LogP contribution in [0.5, 0.6) is 0 Å². The van der Waals surface area contributed by atoms with Gasteiger partial charge in [-0.2, -0.15) is 0 Å². The van der Waals surface area contributed by atoms with E-state index in [9.17, 15) is 4.79 Å². The highest BCUT2D eigenvalue weighted by Gasteiger charge is 2.41. The topological polar surface area (TPSA) is 17.1 Å². The lowest BCUT2D eigenvalue weighted by Gasteiger charge is -2.27. The summed E-state index contributed by atoms with van der Waals surface area (Å²) < 4.78 is 0. The smallest absolute Gasteiger partial charge is 0.147 e. The molecule has 0 amide bonds. The normalized spacial score (nSPS) is 18.2. The van der Waals surface area contributed by atoms with Crippen LogP contribution in [0.25, 0.3) is 0 Å². The van der Waals surface area contributed by atoms with Crippen LogP contribution in [0.1, 0.15) is 37.7 Å². The standard InChI is InChI=1S/C15H18O/c1-2-8-14(16)15(11-6-7-12-15)13-9-4-3-5-10-13/h2-5,9-10H,1,6-8,11-12H2. The van der Waals surface area contributed by atoms with Gasteiger partial charge in [0.1, 0.15) is 5.78 Å². The Kier molecular flexibility index (Phi) is 3.23. The quantitative estimate of drug-likeness (QED) is 0.699. The number of allylic oxidation sites excluding steroid dienone is 1. The summed E-state index contributed by atoms with van der Waals surface area (Å²) in [5.74, 6) is 0.339. The van der Waals surface area contributed by atoms with E-state index in [1.807, 2.05) is 18.2 Å². The molecule has 0 spiro atoms. The van der Waals surface area contributed by atoms with Gasteiger partial charge >= 0.3 is 0 Å². The number of hydrogen-bond donors (Lipinski definition) is 0. The van der Waals surface area contributed by atoms with Crippen LogP contribution in [-0.4, -0.2) is 5.78 Å². The van der Waals surface area contributed by atoms with E-state index in [2.05, 4.69) is 18.7 Å². The number of hydrogen-bond acceptors (Lipinski definition) is 1. The zero-order chi connectivity index (χ0) is 11.4. The molecular formula is C15H18O. The Bertz CT molecular complexity index is 372. The lowest BCUT2D eigenvalue weighted by Crippen LogP contribution is -2.32. The van der Waals surface area contributed by atoms with Gasteiger partial charge in [0.05, 0.1) is 5.41 Å². The molecule has 1 saturated carbocycles. The molecule has 1 aromatic carbocycles. The van der Waals surface area contributed by atoms with E-state index >= 15 is 0 Å². The second kappa shape index (κ2) is 4.65. The maximum atomic E-state index is 12.3. The second-order valence-electron chi connectivity index (χ2n) is 4.57. The largest absolute Gasteiger partial charge is 0.298 e. The fourth-order valence-corrected chi connectivity index (χ4v) is 2.79. The van der Waals surface area contributed by atoms with E-state index < -0.39 is 0 Å². The number of carbonyl (C=O) groups excluding carboxylic acids is 1. The van der Waals surface area contributed by atoms with Crippen LogP contribution in [0.4, 0.5) is 0 Å². The molecule has 0 heterocycles. The van der Waals surface area contributed by atoms with Gasteiger partial charge in [-0.1, -0.05) is 49.2 Å². The van der Waals surface area contributed by atoms with Crippen molar-refractivity contribution < 1.29 is 4.79 Å². The molecule has 0 aliphatic heterocycles. The fraction of sp³-hybridized carbons (Fsp3) is 0.400. The summed E-state index contributed by atoms with van der Waals surface area (Å²) in [6, 6.07) is 10.2. The van der Waals surface area contributed by atoms with Gasteiger partial charge in [-0.3, -0.25) is 4.79 Å². The van der Waals surface area contributed by atoms with Gasteiger partial charge in [0.15, 0.2) is 0 Å². The Morgan fingerprint density at radius 1 is 1.25 bits per heavy atom. The first-order valence-corrected chi connectivity index (χ1v) is 5.99. The lowest BCUT2D eigenvalue weighted by molar-refractivity contribution is -0.123. The fourth-order valence-electron chi connectivity index (χ4n) is 2.79. The third-order valence-electron chi connectivity index (χ3n) is 3.65. The number of rotatable bonds is 4. The van der Waals surface area contributed by atoms with Crippen LogP contribution in [0, 0.1) is 0 Å². The minimum atomic E-state index is -0.213. The highest BCUT2D eigenvalue weighted by molar-refractivity contribution is 5.91. The Morgan fingerprint density at radius 2 is 1.88 bits per heavy atom. The zero-order valence-electron chi connectivity index (χ0n) is 9.61. The van der Waals surface area contributed by atoms with Gasteiger partial charge < -0.3 is 0 Å². The summed E-state index contributed by atoms with van der Waals surface area (Å²) in [5, 5.41) is 0. The highest BCUT2D eigenvalue weighted by atomic mass is 16.1. The van der Waals surface area contributed by atoms with Crippen molar-refractivity contribution in [2.75, 3.05) is 0 Å². The molecule has 1 heteroatoms. The third-order valence-corrected chi connectivity index (χ3v) is 3.65. The van der Waals surface area contributed by atoms with Crippen molar-refractivity contribution in [1.82, 2.24) is 0 Å². The van der Waals surface area contributed by atoms with Gasteiger partial charge in [0.25, 0.3) is 0 Å². The molecule has 0 bridgehead atoms. The Morgan fingerprint density at radius 3 is 2.44 bits per heavy atom. The number of ketones is 1. The summed E-state index contributed by atoms with van der Waals surface area (Å²) in [6.45, 7) is 3.68. The van der Waals surface area contributed by atoms with Crippen molar-refractivity contribution in [3.63, 3.8) is 0 Å². The molecule has 0 N–H and O–H groups in total. The second-order valence-corrected chi connectivity index (χ2v) is 4.57. The summed E-state index contributed by atoms with van der Waals surface area (Å²) in [6.07, 6.45) is 6.56. The molecule has 0 radical (unpaired) electrons. The average Bonchev–Trinajstić information content (AvgIpc) is 2.81. The van der Waals surface area contributed by atoms with Gasteiger partial charge in [-0.25, -0.2) is 0 Å². The number of benzene rings is 1. The molecular weight excluding hydrogens is 196 g/mol. The molecule has 0 aromatic heterocycles. The molecule has 1 aliphatic carbocycles. The maximum Gasteiger partial charge on any atom is 0.147 e. The van der Waals surface area contributed by atoms with E-state index in [4.69, 9.17) is 0 Å². The SMILES string of the molecule is C=CCC(=O)C1(c2ccccc2)CCCC1. The first kappa shape index (κ1) is 11.1. The van der Waals surface area contributed by atoms with Crippen LogP contribution in [0.2, 0.25) is 0 Å². The summed E-state index contributed by atoms with van der Waals surface area (Å²) >= 11 is 0. The predicted octanol–water partition coefficient (Wildman–Crippen LogP) is 3.64. The summed E-state index contributed by atoms with van der Waals surface area (Å²) in [5.41, 5.74) is 0.981. The number of Topliss-reactive ketones (excluding diaryl/α,β-unsaturated/α-hetero) is 1. The van der Waals surface area contributed by atoms with E-state index in [0.29, 0.717) is 12.2 Å². The first-order chi connectivity index (χ1) is 7.79. The Balaban J connectivity index is 2.36. The molecule has 1 nitrogen and oxygen atoms in total. The van der Waals surface area contributed by atoms with E-state index in [1.54, 1.807) is 6.08 Å². The van der Waals surface area contributed by atoms with Crippen molar-refractivity contribution in [1.29, 1.82) is 0 Å². The van der Waals surface area contributed by atoms with Crippen LogP contribution in [-0.2, 0) is 10.2 Å². The van der Waals surface area contributed by atoms with E-state index in [0.717, 1.165) is 25.7 Å². The molecule has 1 fully saturated rings. The summed E-state index contributed by atoms with van der Waals surface area (Å²) in [4.78, 5) is 12.3. The molecule has 0 saturated heterocycles. The molecule has 1 aliphatic rings. The maximum absolute atomic E-state index is 12.3. The van der Waals surface area contributed by atoms with Crippen LogP contribution < -0.4 is 0 Å². The van der Waals surface area contributed by atoms with Crippen molar-refractivity contribution in [2.45, 2.75) is 37.5 Å². The van der Waals surface area contributed by atoms with Crippen LogP contribution in [0.15, 0.2) is 43.0 Å². The van der Waals surface area contributed by atoms with Gasteiger partial charge in [0, 0.05) is 6.42 Å². The van der Waals surface area contributed by atoms with E-state index in [-0.39, 0.29) is 5.41 Å². The molecule has 0 atom stereocenters.